The van der Waals surface area contributed by atoms with Gasteiger partial charge in [-0.15, -0.1) is 0 Å². The standard InChI is InChI=1S/C18H25N3O3/c1-3-24-18(23)21-10-8-20(9-11-21)17(22)16-12-14-6-4-5-7-15(14)13-19(16)2/h4-7,16H,3,8-13H2,1-2H3/t16-/m1/s1. The van der Waals surface area contributed by atoms with E-state index in [2.05, 4.69) is 17.0 Å². The normalized spacial score (nSPS) is 21.3. The van der Waals surface area contributed by atoms with E-state index in [9.17, 15) is 9.59 Å². The van der Waals surface area contributed by atoms with E-state index in [0.717, 1.165) is 13.0 Å². The van der Waals surface area contributed by atoms with Crippen molar-refractivity contribution >= 4 is 12.0 Å². The van der Waals surface area contributed by atoms with Crippen LogP contribution in [-0.2, 0) is 22.5 Å². The van der Waals surface area contributed by atoms with Crippen molar-refractivity contribution in [1.82, 2.24) is 14.7 Å². The lowest BCUT2D eigenvalue weighted by atomic mass is 9.93. The maximum absolute atomic E-state index is 12.9. The zero-order valence-corrected chi connectivity index (χ0v) is 14.4. The Balaban J connectivity index is 1.61. The molecule has 6 nitrogen and oxygen atoms in total. The van der Waals surface area contributed by atoms with Gasteiger partial charge in [-0.3, -0.25) is 9.69 Å². The van der Waals surface area contributed by atoms with Gasteiger partial charge in [-0.25, -0.2) is 4.79 Å². The molecule has 0 N–H and O–H groups in total. The zero-order valence-electron chi connectivity index (χ0n) is 14.4. The molecule has 1 fully saturated rings. The van der Waals surface area contributed by atoms with Crippen LogP contribution in [-0.4, -0.2) is 72.6 Å². The summed E-state index contributed by atoms with van der Waals surface area (Å²) in [4.78, 5) is 30.4. The molecule has 0 aromatic heterocycles. The molecule has 2 amide bonds. The minimum Gasteiger partial charge on any atom is -0.450 e. The van der Waals surface area contributed by atoms with Gasteiger partial charge < -0.3 is 14.5 Å². The first-order chi connectivity index (χ1) is 11.6. The Morgan fingerprint density at radius 3 is 2.38 bits per heavy atom. The molecule has 0 radical (unpaired) electrons. The molecule has 1 atom stereocenters. The summed E-state index contributed by atoms with van der Waals surface area (Å²) in [7, 11) is 2.01. The second-order valence-corrected chi connectivity index (χ2v) is 6.42. The van der Waals surface area contributed by atoms with E-state index in [1.807, 2.05) is 24.1 Å². The van der Waals surface area contributed by atoms with Crippen LogP contribution in [0.25, 0.3) is 0 Å². The Morgan fingerprint density at radius 2 is 1.71 bits per heavy atom. The highest BCUT2D eigenvalue weighted by atomic mass is 16.6. The zero-order chi connectivity index (χ0) is 17.1. The van der Waals surface area contributed by atoms with Crippen LogP contribution >= 0.6 is 0 Å². The molecule has 0 unspecified atom stereocenters. The minimum absolute atomic E-state index is 0.117. The van der Waals surface area contributed by atoms with Crippen molar-refractivity contribution in [3.8, 4) is 0 Å². The molecule has 2 heterocycles. The summed E-state index contributed by atoms with van der Waals surface area (Å²) in [6.07, 6.45) is 0.470. The first kappa shape index (κ1) is 16.8. The largest absolute Gasteiger partial charge is 0.450 e. The summed E-state index contributed by atoms with van der Waals surface area (Å²) in [5.41, 5.74) is 2.57. The summed E-state index contributed by atoms with van der Waals surface area (Å²) >= 11 is 0. The highest BCUT2D eigenvalue weighted by Crippen LogP contribution is 2.23. The number of ether oxygens (including phenoxy) is 1. The van der Waals surface area contributed by atoms with E-state index in [1.165, 1.54) is 11.1 Å². The first-order valence-electron chi connectivity index (χ1n) is 8.57. The van der Waals surface area contributed by atoms with Crippen LogP contribution in [0.15, 0.2) is 24.3 Å². The van der Waals surface area contributed by atoms with Crippen molar-refractivity contribution in [2.45, 2.75) is 25.9 Å². The van der Waals surface area contributed by atoms with Crippen molar-refractivity contribution in [2.24, 2.45) is 0 Å². The van der Waals surface area contributed by atoms with Gasteiger partial charge in [0, 0.05) is 32.7 Å². The van der Waals surface area contributed by atoms with Crippen molar-refractivity contribution in [3.63, 3.8) is 0 Å². The Morgan fingerprint density at radius 1 is 1.08 bits per heavy atom. The molecule has 1 saturated heterocycles. The van der Waals surface area contributed by atoms with E-state index in [1.54, 1.807) is 11.8 Å². The van der Waals surface area contributed by atoms with Crippen LogP contribution in [0.4, 0.5) is 4.79 Å². The van der Waals surface area contributed by atoms with Gasteiger partial charge in [-0.05, 0) is 31.5 Å². The molecular weight excluding hydrogens is 306 g/mol. The van der Waals surface area contributed by atoms with Crippen LogP contribution in [0.2, 0.25) is 0 Å². The topological polar surface area (TPSA) is 53.1 Å². The predicted molar refractivity (Wildman–Crippen MR) is 90.6 cm³/mol. The molecule has 1 aromatic rings. The number of likely N-dealkylation sites (N-methyl/N-ethyl adjacent to an activating group) is 1. The number of hydrogen-bond donors (Lipinski definition) is 0. The molecule has 0 saturated carbocycles. The fourth-order valence-electron chi connectivity index (χ4n) is 3.46. The van der Waals surface area contributed by atoms with Crippen LogP contribution in [0.1, 0.15) is 18.1 Å². The quantitative estimate of drug-likeness (QED) is 0.821. The summed E-state index contributed by atoms with van der Waals surface area (Å²) < 4.78 is 5.02. The highest BCUT2D eigenvalue weighted by molar-refractivity contribution is 5.83. The van der Waals surface area contributed by atoms with Crippen molar-refractivity contribution in [2.75, 3.05) is 39.8 Å². The van der Waals surface area contributed by atoms with Crippen molar-refractivity contribution in [3.05, 3.63) is 35.4 Å². The van der Waals surface area contributed by atoms with Gasteiger partial charge >= 0.3 is 6.09 Å². The molecule has 0 bridgehead atoms. The van der Waals surface area contributed by atoms with Crippen molar-refractivity contribution < 1.29 is 14.3 Å². The molecule has 24 heavy (non-hydrogen) atoms. The first-order valence-corrected chi connectivity index (χ1v) is 8.57. The van der Waals surface area contributed by atoms with Crippen molar-refractivity contribution in [1.29, 1.82) is 0 Å². The molecule has 2 aliphatic rings. The number of carbonyl (C=O) groups is 2. The van der Waals surface area contributed by atoms with Crippen LogP contribution in [0.5, 0.6) is 0 Å². The Labute approximate surface area is 143 Å². The fourth-order valence-corrected chi connectivity index (χ4v) is 3.46. The van der Waals surface area contributed by atoms with Crippen LogP contribution in [0, 0.1) is 0 Å². The molecule has 0 aliphatic carbocycles. The molecule has 3 rings (SSSR count). The van der Waals surface area contributed by atoms with E-state index >= 15 is 0 Å². The second-order valence-electron chi connectivity index (χ2n) is 6.42. The molecule has 130 valence electrons. The summed E-state index contributed by atoms with van der Waals surface area (Å²) in [6.45, 7) is 5.20. The number of carbonyl (C=O) groups excluding carboxylic acids is 2. The van der Waals surface area contributed by atoms with Gasteiger partial charge in [0.25, 0.3) is 0 Å². The average Bonchev–Trinajstić information content (AvgIpc) is 2.61. The second kappa shape index (κ2) is 7.21. The van der Waals surface area contributed by atoms with Crippen LogP contribution in [0.3, 0.4) is 0 Å². The Bertz CT molecular complexity index is 611. The molecular formula is C18H25N3O3. The molecule has 2 aliphatic heterocycles. The Hall–Kier alpha value is -2.08. The smallest absolute Gasteiger partial charge is 0.409 e. The van der Waals surface area contributed by atoms with Gasteiger partial charge in [-0.2, -0.15) is 0 Å². The van der Waals surface area contributed by atoms with E-state index < -0.39 is 0 Å². The lowest BCUT2D eigenvalue weighted by Crippen LogP contribution is -2.56. The minimum atomic E-state index is -0.284. The Kier molecular flexibility index (Phi) is 5.04. The molecule has 0 spiro atoms. The lowest BCUT2D eigenvalue weighted by Gasteiger charge is -2.39. The maximum Gasteiger partial charge on any atom is 0.409 e. The number of fused-ring (bicyclic) bond motifs is 1. The third kappa shape index (κ3) is 3.38. The number of piperazine rings is 1. The summed E-state index contributed by atoms with van der Waals surface area (Å²) in [5, 5.41) is 0. The summed E-state index contributed by atoms with van der Waals surface area (Å²) in [6, 6.07) is 8.20. The number of amides is 2. The third-order valence-corrected chi connectivity index (χ3v) is 4.89. The average molecular weight is 331 g/mol. The highest BCUT2D eigenvalue weighted by Gasteiger charge is 2.34. The predicted octanol–water partition coefficient (Wildman–Crippen LogP) is 1.34. The van der Waals surface area contributed by atoms with Gasteiger partial charge in [0.1, 0.15) is 0 Å². The SMILES string of the molecule is CCOC(=O)N1CCN(C(=O)[C@H]2Cc3ccccc3CN2C)CC1. The lowest BCUT2D eigenvalue weighted by molar-refractivity contribution is -0.138. The summed E-state index contributed by atoms with van der Waals surface area (Å²) in [5.74, 6) is 0.163. The van der Waals surface area contributed by atoms with E-state index in [4.69, 9.17) is 4.74 Å². The maximum atomic E-state index is 12.9. The third-order valence-electron chi connectivity index (χ3n) is 4.89. The molecule has 1 aromatic carbocycles. The van der Waals surface area contributed by atoms with E-state index in [0.29, 0.717) is 32.8 Å². The van der Waals surface area contributed by atoms with Gasteiger partial charge in [0.05, 0.1) is 12.6 Å². The number of benzene rings is 1. The van der Waals surface area contributed by atoms with Gasteiger partial charge in [0.15, 0.2) is 0 Å². The van der Waals surface area contributed by atoms with Crippen LogP contribution < -0.4 is 0 Å². The van der Waals surface area contributed by atoms with Gasteiger partial charge in [0.2, 0.25) is 5.91 Å². The molecule has 6 heteroatoms. The number of nitrogens with zero attached hydrogens (tertiary/aromatic N) is 3. The fraction of sp³-hybridized carbons (Fsp3) is 0.556. The monoisotopic (exact) mass is 331 g/mol. The van der Waals surface area contributed by atoms with E-state index in [-0.39, 0.29) is 18.0 Å². The number of hydrogen-bond acceptors (Lipinski definition) is 4. The van der Waals surface area contributed by atoms with Gasteiger partial charge in [-0.1, -0.05) is 24.3 Å². The number of rotatable bonds is 2.